The van der Waals surface area contributed by atoms with E-state index in [-0.39, 0.29) is 34.3 Å². The summed E-state index contributed by atoms with van der Waals surface area (Å²) >= 11 is 1.42. The van der Waals surface area contributed by atoms with Crippen molar-refractivity contribution in [2.24, 2.45) is 22.7 Å². The smallest absolute Gasteiger partial charge is 0.171 e. The summed E-state index contributed by atoms with van der Waals surface area (Å²) < 4.78 is 19.2. The summed E-state index contributed by atoms with van der Waals surface area (Å²) in [6, 6.07) is 8.47. The van der Waals surface area contributed by atoms with Gasteiger partial charge >= 0.3 is 0 Å². The fraction of sp³-hybridized carbons (Fsp3) is 0.423. The Morgan fingerprint density at radius 1 is 1.20 bits per heavy atom. The Bertz CT molecular complexity index is 1020. The third-order valence-corrected chi connectivity index (χ3v) is 7.97. The topological polar surface area (TPSA) is 30.2 Å². The number of ketones is 1. The molecule has 0 aliphatic heterocycles. The van der Waals surface area contributed by atoms with Gasteiger partial charge in [-0.25, -0.2) is 4.39 Å². The monoisotopic (exact) mass is 424 g/mol. The molecule has 1 fully saturated rings. The van der Waals surface area contributed by atoms with Crippen LogP contribution in [0.1, 0.15) is 52.5 Å². The molecule has 0 amide bonds. The quantitative estimate of drug-likeness (QED) is 0.507. The predicted octanol–water partition coefficient (Wildman–Crippen LogP) is 7.56. The summed E-state index contributed by atoms with van der Waals surface area (Å²) in [6.07, 6.45) is 11.2. The first-order chi connectivity index (χ1) is 14.2. The fourth-order valence-corrected chi connectivity index (χ4v) is 6.68. The number of fused-ring (bicyclic) bond motifs is 1. The zero-order valence-electron chi connectivity index (χ0n) is 18.1. The summed E-state index contributed by atoms with van der Waals surface area (Å²) in [5.74, 6) is 0.287. The van der Waals surface area contributed by atoms with Gasteiger partial charge in [0.1, 0.15) is 5.82 Å². The van der Waals surface area contributed by atoms with E-state index in [2.05, 4.69) is 39.8 Å². The van der Waals surface area contributed by atoms with Crippen molar-refractivity contribution in [3.63, 3.8) is 0 Å². The minimum Gasteiger partial charge on any atom is -0.457 e. The number of hydrogen-bond donors (Lipinski definition) is 0. The van der Waals surface area contributed by atoms with Gasteiger partial charge in [-0.05, 0) is 60.9 Å². The minimum absolute atomic E-state index is 0.0153. The highest BCUT2D eigenvalue weighted by Crippen LogP contribution is 2.58. The molecule has 0 radical (unpaired) electrons. The molecule has 1 aromatic carbocycles. The molecule has 2 aliphatic rings. The zero-order valence-corrected chi connectivity index (χ0v) is 18.9. The van der Waals surface area contributed by atoms with Crippen LogP contribution in [0.5, 0.6) is 0 Å². The Balaban J connectivity index is 1.63. The summed E-state index contributed by atoms with van der Waals surface area (Å²) in [5, 5.41) is 0.746. The second kappa shape index (κ2) is 7.88. The minimum atomic E-state index is -0.254. The molecular weight excluding hydrogens is 395 g/mol. The molecule has 4 rings (SSSR count). The van der Waals surface area contributed by atoms with Crippen molar-refractivity contribution in [3.05, 3.63) is 65.7 Å². The highest BCUT2D eigenvalue weighted by molar-refractivity contribution is 7.99. The highest BCUT2D eigenvalue weighted by atomic mass is 32.2. The van der Waals surface area contributed by atoms with Crippen LogP contribution in [-0.2, 0) is 4.79 Å². The maximum Gasteiger partial charge on any atom is 0.171 e. The van der Waals surface area contributed by atoms with E-state index in [0.29, 0.717) is 0 Å². The summed E-state index contributed by atoms with van der Waals surface area (Å²) in [5.41, 5.74) is 2.05. The number of hydrogen-bond acceptors (Lipinski definition) is 3. The molecule has 1 heterocycles. The number of benzene rings is 1. The first kappa shape index (κ1) is 21.2. The first-order valence-electron chi connectivity index (χ1n) is 10.6. The van der Waals surface area contributed by atoms with Crippen LogP contribution in [0.2, 0.25) is 0 Å². The molecule has 1 saturated carbocycles. The molecule has 158 valence electrons. The number of furan rings is 1. The van der Waals surface area contributed by atoms with Gasteiger partial charge in [-0.2, -0.15) is 0 Å². The van der Waals surface area contributed by atoms with Gasteiger partial charge in [-0.1, -0.05) is 62.7 Å². The lowest BCUT2D eigenvalue weighted by molar-refractivity contribution is -0.134. The van der Waals surface area contributed by atoms with Gasteiger partial charge < -0.3 is 4.42 Å². The molecule has 3 atom stereocenters. The second-order valence-electron chi connectivity index (χ2n) is 9.63. The largest absolute Gasteiger partial charge is 0.457 e. The van der Waals surface area contributed by atoms with E-state index in [9.17, 15) is 9.18 Å². The normalized spacial score (nSPS) is 28.4. The average molecular weight is 425 g/mol. The van der Waals surface area contributed by atoms with Crippen LogP contribution >= 0.6 is 11.8 Å². The Morgan fingerprint density at radius 3 is 2.77 bits per heavy atom. The molecule has 0 spiro atoms. The SMILES string of the molecule is CC1=CC(=O)[C@H]2C(C)(C)CCC[C@]2(C)[C@H]1/C=C/c1ccoc1Sc1cccc(F)c1. The molecule has 2 nitrogen and oxygen atoms in total. The van der Waals surface area contributed by atoms with Gasteiger partial charge in [-0.3, -0.25) is 4.79 Å². The van der Waals surface area contributed by atoms with Crippen LogP contribution in [-0.4, -0.2) is 5.78 Å². The molecule has 2 aromatic rings. The maximum absolute atomic E-state index is 13.5. The van der Waals surface area contributed by atoms with Crippen LogP contribution in [0.15, 0.2) is 68.7 Å². The lowest BCUT2D eigenvalue weighted by Crippen LogP contribution is -2.52. The molecule has 0 saturated heterocycles. The third-order valence-electron chi connectivity index (χ3n) is 6.97. The predicted molar refractivity (Wildman–Crippen MR) is 120 cm³/mol. The Kier molecular flexibility index (Phi) is 5.56. The molecule has 2 aliphatic carbocycles. The Labute approximate surface area is 182 Å². The highest BCUT2D eigenvalue weighted by Gasteiger charge is 2.54. The number of carbonyl (C=O) groups is 1. The van der Waals surface area contributed by atoms with Crippen molar-refractivity contribution in [2.45, 2.75) is 56.9 Å². The number of rotatable bonds is 4. The standard InChI is InChI=1S/C26H29FO2S/c1-17-15-22(28)23-25(2,3)12-6-13-26(23,4)21(17)10-9-18-11-14-29-24(18)30-20-8-5-7-19(27)16-20/h5,7-11,14-16,21,23H,6,12-13H2,1-4H3/b10-9+/t21-,23-,26+/m0/s1. The van der Waals surface area contributed by atoms with Gasteiger partial charge in [0.05, 0.1) is 6.26 Å². The van der Waals surface area contributed by atoms with E-state index in [4.69, 9.17) is 4.42 Å². The van der Waals surface area contributed by atoms with Crippen LogP contribution < -0.4 is 0 Å². The fourth-order valence-electron chi connectivity index (χ4n) is 5.79. The molecule has 1 aromatic heterocycles. The number of halogens is 1. The third kappa shape index (κ3) is 3.82. The zero-order chi connectivity index (χ0) is 21.5. The lowest BCUT2D eigenvalue weighted by atomic mass is 9.48. The van der Waals surface area contributed by atoms with E-state index in [1.807, 2.05) is 18.2 Å². The van der Waals surface area contributed by atoms with Crippen molar-refractivity contribution >= 4 is 23.6 Å². The first-order valence-corrected chi connectivity index (χ1v) is 11.4. The number of allylic oxidation sites excluding steroid dienone is 3. The van der Waals surface area contributed by atoms with Crippen molar-refractivity contribution in [1.82, 2.24) is 0 Å². The van der Waals surface area contributed by atoms with Gasteiger partial charge in [-0.15, -0.1) is 0 Å². The van der Waals surface area contributed by atoms with E-state index in [0.717, 1.165) is 40.4 Å². The maximum atomic E-state index is 13.5. The molecule has 4 heteroatoms. The van der Waals surface area contributed by atoms with E-state index in [1.165, 1.54) is 23.9 Å². The van der Waals surface area contributed by atoms with Crippen LogP contribution in [0.4, 0.5) is 4.39 Å². The Morgan fingerprint density at radius 2 is 2.00 bits per heavy atom. The second-order valence-corrected chi connectivity index (χ2v) is 10.7. The summed E-state index contributed by atoms with van der Waals surface area (Å²) in [6.45, 7) is 8.85. The molecule has 0 unspecified atom stereocenters. The van der Waals surface area contributed by atoms with E-state index >= 15 is 0 Å². The van der Waals surface area contributed by atoms with Gasteiger partial charge in [0, 0.05) is 22.3 Å². The Hall–Kier alpha value is -2.07. The van der Waals surface area contributed by atoms with Crippen molar-refractivity contribution in [2.75, 3.05) is 0 Å². The lowest BCUT2D eigenvalue weighted by Gasteiger charge is -2.55. The molecular formula is C26H29FO2S. The summed E-state index contributed by atoms with van der Waals surface area (Å²) in [7, 11) is 0. The van der Waals surface area contributed by atoms with E-state index < -0.39 is 0 Å². The average Bonchev–Trinajstić information content (AvgIpc) is 3.07. The molecule has 0 N–H and O–H groups in total. The van der Waals surface area contributed by atoms with Crippen molar-refractivity contribution in [1.29, 1.82) is 0 Å². The van der Waals surface area contributed by atoms with E-state index in [1.54, 1.807) is 12.3 Å². The van der Waals surface area contributed by atoms with Crippen molar-refractivity contribution in [3.8, 4) is 0 Å². The number of carbonyl (C=O) groups excluding carboxylic acids is 1. The van der Waals surface area contributed by atoms with Crippen LogP contribution in [0, 0.1) is 28.5 Å². The van der Waals surface area contributed by atoms with Crippen molar-refractivity contribution < 1.29 is 13.6 Å². The van der Waals surface area contributed by atoms with Gasteiger partial charge in [0.25, 0.3) is 0 Å². The van der Waals surface area contributed by atoms with Gasteiger partial charge in [0.2, 0.25) is 0 Å². The van der Waals surface area contributed by atoms with Gasteiger partial charge in [0.15, 0.2) is 10.9 Å². The van der Waals surface area contributed by atoms with Crippen LogP contribution in [0.3, 0.4) is 0 Å². The summed E-state index contributed by atoms with van der Waals surface area (Å²) in [4.78, 5) is 13.8. The van der Waals surface area contributed by atoms with Crippen LogP contribution in [0.25, 0.3) is 6.08 Å². The molecule has 30 heavy (non-hydrogen) atoms. The molecule has 0 bridgehead atoms.